The summed E-state index contributed by atoms with van der Waals surface area (Å²) in [5, 5.41) is 19.4. The summed E-state index contributed by atoms with van der Waals surface area (Å²) in [6.07, 6.45) is 1.79. The molecular weight excluding hydrogens is 262 g/mol. The minimum absolute atomic E-state index is 0.591. The normalized spacial score (nSPS) is 22.4. The van der Waals surface area contributed by atoms with Crippen molar-refractivity contribution in [3.63, 3.8) is 0 Å². The fourth-order valence-electron chi connectivity index (χ4n) is 3.33. The molecule has 2 heterocycles. The number of β-amino-alcohol motifs (C(OH)–C–C–N with tert-alkyl or cyclic N) is 1. The van der Waals surface area contributed by atoms with E-state index in [9.17, 15) is 5.11 Å². The predicted octanol–water partition coefficient (Wildman–Crippen LogP) is 2.24. The highest BCUT2D eigenvalue weighted by atomic mass is 16.3. The molecule has 4 nitrogen and oxygen atoms in total. The number of benzene rings is 2. The van der Waals surface area contributed by atoms with E-state index in [1.165, 1.54) is 5.56 Å². The second kappa shape index (κ2) is 4.41. The number of aromatic nitrogens is 2. The van der Waals surface area contributed by atoms with Crippen molar-refractivity contribution in [2.75, 3.05) is 13.6 Å². The molecule has 0 fully saturated rings. The second-order valence-electron chi connectivity index (χ2n) is 5.86. The maximum atomic E-state index is 11.4. The van der Waals surface area contributed by atoms with Crippen LogP contribution in [0.15, 0.2) is 48.7 Å². The lowest BCUT2D eigenvalue weighted by molar-refractivity contribution is 0.0284. The molecule has 2 aromatic carbocycles. The van der Waals surface area contributed by atoms with Crippen LogP contribution in [0, 0.1) is 0 Å². The molecule has 1 aliphatic heterocycles. The number of likely N-dealkylation sites (N-methyl/N-ethyl adjacent to an activating group) is 1. The molecule has 1 atom stereocenters. The quantitative estimate of drug-likeness (QED) is 0.718. The summed E-state index contributed by atoms with van der Waals surface area (Å²) in [5.74, 6) is 0. The summed E-state index contributed by atoms with van der Waals surface area (Å²) < 4.78 is 0. The van der Waals surface area contributed by atoms with Gasteiger partial charge in [0, 0.05) is 18.5 Å². The number of nitrogens with one attached hydrogen (secondary N) is 1. The Hall–Kier alpha value is -2.17. The minimum atomic E-state index is -0.977. The van der Waals surface area contributed by atoms with E-state index in [1.807, 2.05) is 43.4 Å². The molecular formula is C17H17N3O. The minimum Gasteiger partial charge on any atom is -0.379 e. The van der Waals surface area contributed by atoms with Crippen molar-refractivity contribution in [2.24, 2.45) is 0 Å². The van der Waals surface area contributed by atoms with E-state index in [-0.39, 0.29) is 0 Å². The van der Waals surface area contributed by atoms with Crippen LogP contribution in [-0.4, -0.2) is 33.8 Å². The van der Waals surface area contributed by atoms with Crippen molar-refractivity contribution in [2.45, 2.75) is 12.1 Å². The molecule has 106 valence electrons. The highest BCUT2D eigenvalue weighted by Crippen LogP contribution is 2.37. The van der Waals surface area contributed by atoms with E-state index in [2.05, 4.69) is 21.2 Å². The first kappa shape index (κ1) is 12.6. The van der Waals surface area contributed by atoms with Crippen molar-refractivity contribution in [1.82, 2.24) is 15.1 Å². The fourth-order valence-corrected chi connectivity index (χ4v) is 3.33. The molecule has 0 radical (unpaired) electrons. The van der Waals surface area contributed by atoms with Gasteiger partial charge in [0.2, 0.25) is 0 Å². The van der Waals surface area contributed by atoms with Crippen LogP contribution in [0.2, 0.25) is 0 Å². The van der Waals surface area contributed by atoms with Gasteiger partial charge in [0.1, 0.15) is 5.60 Å². The Morgan fingerprint density at radius 3 is 3.00 bits per heavy atom. The zero-order chi connectivity index (χ0) is 14.4. The van der Waals surface area contributed by atoms with E-state index in [4.69, 9.17) is 0 Å². The van der Waals surface area contributed by atoms with Crippen LogP contribution in [0.1, 0.15) is 16.7 Å². The van der Waals surface area contributed by atoms with Crippen molar-refractivity contribution < 1.29 is 5.11 Å². The number of nitrogens with zero attached hydrogens (tertiary/aromatic N) is 2. The van der Waals surface area contributed by atoms with Crippen LogP contribution in [0.4, 0.5) is 0 Å². The first-order valence-corrected chi connectivity index (χ1v) is 7.10. The van der Waals surface area contributed by atoms with Gasteiger partial charge < -0.3 is 5.11 Å². The third-order valence-electron chi connectivity index (χ3n) is 4.32. The molecule has 0 aliphatic carbocycles. The Labute approximate surface area is 123 Å². The topological polar surface area (TPSA) is 52.1 Å². The largest absolute Gasteiger partial charge is 0.379 e. The Balaban J connectivity index is 1.92. The monoisotopic (exact) mass is 279 g/mol. The number of hydrogen-bond acceptors (Lipinski definition) is 3. The molecule has 1 aliphatic rings. The average Bonchev–Trinajstić information content (AvgIpc) is 2.94. The maximum Gasteiger partial charge on any atom is 0.128 e. The molecule has 1 unspecified atom stereocenters. The number of aromatic amines is 1. The Morgan fingerprint density at radius 2 is 2.10 bits per heavy atom. The third-order valence-corrected chi connectivity index (χ3v) is 4.32. The first-order chi connectivity index (χ1) is 10.2. The average molecular weight is 279 g/mol. The van der Waals surface area contributed by atoms with Gasteiger partial charge >= 0.3 is 0 Å². The second-order valence-corrected chi connectivity index (χ2v) is 5.86. The van der Waals surface area contributed by atoms with Gasteiger partial charge in [0.05, 0.1) is 11.7 Å². The van der Waals surface area contributed by atoms with Crippen LogP contribution in [0.5, 0.6) is 0 Å². The summed E-state index contributed by atoms with van der Waals surface area (Å²) in [6.45, 7) is 1.46. The number of fused-ring (bicyclic) bond motifs is 2. The van der Waals surface area contributed by atoms with Gasteiger partial charge in [-0.25, -0.2) is 0 Å². The number of hydrogen-bond donors (Lipinski definition) is 2. The Bertz CT molecular complexity index is 810. The summed E-state index contributed by atoms with van der Waals surface area (Å²) in [7, 11) is 2.04. The molecule has 2 N–H and O–H groups in total. The van der Waals surface area contributed by atoms with Crippen molar-refractivity contribution >= 4 is 10.9 Å². The summed E-state index contributed by atoms with van der Waals surface area (Å²) in [4.78, 5) is 2.15. The van der Waals surface area contributed by atoms with Crippen molar-refractivity contribution in [3.05, 3.63) is 65.4 Å². The lowest BCUT2D eigenvalue weighted by Gasteiger charge is -2.39. The lowest BCUT2D eigenvalue weighted by Crippen LogP contribution is -2.44. The van der Waals surface area contributed by atoms with Crippen molar-refractivity contribution in [1.29, 1.82) is 0 Å². The molecule has 4 rings (SSSR count). The van der Waals surface area contributed by atoms with Crippen LogP contribution in [0.25, 0.3) is 10.9 Å². The molecule has 0 amide bonds. The summed E-state index contributed by atoms with van der Waals surface area (Å²) in [6, 6.07) is 14.1. The molecule has 0 bridgehead atoms. The van der Waals surface area contributed by atoms with Gasteiger partial charge in [-0.1, -0.05) is 30.3 Å². The van der Waals surface area contributed by atoms with Gasteiger partial charge in [0.15, 0.2) is 0 Å². The molecule has 1 aromatic heterocycles. The fraction of sp³-hybridized carbons (Fsp3) is 0.235. The van der Waals surface area contributed by atoms with Gasteiger partial charge in [-0.15, -0.1) is 0 Å². The number of H-pyrrole nitrogens is 1. The molecule has 0 spiro atoms. The smallest absolute Gasteiger partial charge is 0.128 e. The number of aliphatic hydroxyl groups is 1. The van der Waals surface area contributed by atoms with E-state index in [0.717, 1.165) is 28.6 Å². The zero-order valence-corrected chi connectivity index (χ0v) is 11.9. The zero-order valence-electron chi connectivity index (χ0n) is 11.9. The van der Waals surface area contributed by atoms with Crippen LogP contribution in [0.3, 0.4) is 0 Å². The van der Waals surface area contributed by atoms with Gasteiger partial charge in [-0.2, -0.15) is 5.10 Å². The first-order valence-electron chi connectivity index (χ1n) is 7.10. The summed E-state index contributed by atoms with van der Waals surface area (Å²) >= 11 is 0. The van der Waals surface area contributed by atoms with Gasteiger partial charge in [-0.3, -0.25) is 10.00 Å². The van der Waals surface area contributed by atoms with E-state index in [0.29, 0.717) is 6.54 Å². The van der Waals surface area contributed by atoms with Gasteiger partial charge in [-0.05, 0) is 35.9 Å². The standard InChI is InChI=1S/C17H17N3O/c1-20-10-12-4-2-3-5-15(12)17(21,11-20)14-6-7-16-13(8-14)9-18-19-16/h2-9,21H,10-11H2,1H3,(H,18,19). The highest BCUT2D eigenvalue weighted by Gasteiger charge is 2.38. The maximum absolute atomic E-state index is 11.4. The lowest BCUT2D eigenvalue weighted by atomic mass is 9.80. The highest BCUT2D eigenvalue weighted by molar-refractivity contribution is 5.79. The van der Waals surface area contributed by atoms with Crippen LogP contribution < -0.4 is 0 Å². The van der Waals surface area contributed by atoms with Crippen molar-refractivity contribution in [3.8, 4) is 0 Å². The van der Waals surface area contributed by atoms with Gasteiger partial charge in [0.25, 0.3) is 0 Å². The Kier molecular flexibility index (Phi) is 2.64. The third kappa shape index (κ3) is 1.87. The molecule has 0 saturated carbocycles. The number of rotatable bonds is 1. The molecule has 0 saturated heterocycles. The summed E-state index contributed by atoms with van der Waals surface area (Å²) in [5.41, 5.74) is 3.11. The SMILES string of the molecule is CN1Cc2ccccc2C(O)(c2ccc3[nH]ncc3c2)C1. The Morgan fingerprint density at radius 1 is 1.24 bits per heavy atom. The van der Waals surface area contributed by atoms with E-state index in [1.54, 1.807) is 6.20 Å². The molecule has 4 heteroatoms. The van der Waals surface area contributed by atoms with Crippen LogP contribution in [-0.2, 0) is 12.1 Å². The van der Waals surface area contributed by atoms with Crippen LogP contribution >= 0.6 is 0 Å². The van der Waals surface area contributed by atoms with E-state index >= 15 is 0 Å². The predicted molar refractivity (Wildman–Crippen MR) is 81.9 cm³/mol. The van der Waals surface area contributed by atoms with E-state index < -0.39 is 5.60 Å². The molecule has 3 aromatic rings. The molecule has 21 heavy (non-hydrogen) atoms.